The first-order valence-corrected chi connectivity index (χ1v) is 9.90. The van der Waals surface area contributed by atoms with Crippen LogP contribution in [-0.4, -0.2) is 40.2 Å². The van der Waals surface area contributed by atoms with E-state index in [1.165, 1.54) is 0 Å². The summed E-state index contributed by atoms with van der Waals surface area (Å²) >= 11 is 1.62. The van der Waals surface area contributed by atoms with E-state index in [1.807, 2.05) is 54.3 Å². The van der Waals surface area contributed by atoms with Crippen molar-refractivity contribution in [2.24, 2.45) is 0 Å². The smallest absolute Gasteiger partial charge is 0.234 e. The zero-order valence-electron chi connectivity index (χ0n) is 15.3. The van der Waals surface area contributed by atoms with Gasteiger partial charge in [0.1, 0.15) is 11.2 Å². The summed E-state index contributed by atoms with van der Waals surface area (Å²) in [5.74, 6) is 2.75. The predicted molar refractivity (Wildman–Crippen MR) is 106 cm³/mol. The third-order valence-electron chi connectivity index (χ3n) is 4.50. The van der Waals surface area contributed by atoms with E-state index in [0.29, 0.717) is 30.4 Å². The number of rotatable bonds is 6. The first-order chi connectivity index (χ1) is 13.2. The predicted octanol–water partition coefficient (Wildman–Crippen LogP) is 3.74. The van der Waals surface area contributed by atoms with Gasteiger partial charge in [-0.15, -0.1) is 11.8 Å². The number of nitrogens with one attached hydrogen (secondary N) is 1. The standard InChI is InChI=1S/C20H21N3O3S/c1-3-26-17-10-13(8-9-16(17)25-2)20-23(19(24)12-27-20)11-18-21-14-6-4-5-7-15(14)22-18/h4-10,20H,3,11-12H2,1-2H3,(H,21,22). The normalized spacial score (nSPS) is 16.9. The van der Waals surface area contributed by atoms with Gasteiger partial charge >= 0.3 is 0 Å². The zero-order valence-corrected chi connectivity index (χ0v) is 16.1. The molecule has 1 fully saturated rings. The number of aromatic amines is 1. The topological polar surface area (TPSA) is 67.5 Å². The summed E-state index contributed by atoms with van der Waals surface area (Å²) in [4.78, 5) is 22.3. The number of thioether (sulfide) groups is 1. The summed E-state index contributed by atoms with van der Waals surface area (Å²) < 4.78 is 11.1. The highest BCUT2D eigenvalue weighted by molar-refractivity contribution is 8.00. The number of hydrogen-bond donors (Lipinski definition) is 1. The van der Waals surface area contributed by atoms with Crippen LogP contribution < -0.4 is 9.47 Å². The Morgan fingerprint density at radius 3 is 2.89 bits per heavy atom. The van der Waals surface area contributed by atoms with Crippen molar-refractivity contribution < 1.29 is 14.3 Å². The molecule has 4 rings (SSSR count). The summed E-state index contributed by atoms with van der Waals surface area (Å²) in [5, 5.41) is -0.0733. The van der Waals surface area contributed by atoms with E-state index < -0.39 is 0 Å². The van der Waals surface area contributed by atoms with E-state index in [9.17, 15) is 4.79 Å². The van der Waals surface area contributed by atoms with E-state index in [4.69, 9.17) is 9.47 Å². The number of carbonyl (C=O) groups excluding carboxylic acids is 1. The minimum absolute atomic E-state index is 0.0733. The van der Waals surface area contributed by atoms with Crippen LogP contribution in [0.4, 0.5) is 0 Å². The molecule has 0 aliphatic carbocycles. The maximum absolute atomic E-state index is 12.5. The highest BCUT2D eigenvalue weighted by Gasteiger charge is 2.34. The SMILES string of the molecule is CCOc1cc(C2SCC(=O)N2Cc2nc3ccccc3[nH]2)ccc1OC. The summed E-state index contributed by atoms with van der Waals surface area (Å²) in [6, 6.07) is 13.7. The maximum Gasteiger partial charge on any atom is 0.234 e. The lowest BCUT2D eigenvalue weighted by atomic mass is 10.1. The van der Waals surface area contributed by atoms with Gasteiger partial charge in [-0.25, -0.2) is 4.98 Å². The number of hydrogen-bond acceptors (Lipinski definition) is 5. The Balaban J connectivity index is 1.62. The Labute approximate surface area is 161 Å². The highest BCUT2D eigenvalue weighted by Crippen LogP contribution is 2.42. The largest absolute Gasteiger partial charge is 0.493 e. The Morgan fingerprint density at radius 2 is 2.11 bits per heavy atom. The van der Waals surface area contributed by atoms with Crippen molar-refractivity contribution in [1.82, 2.24) is 14.9 Å². The van der Waals surface area contributed by atoms with Crippen molar-refractivity contribution in [3.05, 3.63) is 53.9 Å². The average molecular weight is 383 g/mol. The maximum atomic E-state index is 12.5. The van der Waals surface area contributed by atoms with Crippen molar-refractivity contribution in [2.45, 2.75) is 18.8 Å². The molecule has 0 spiro atoms. The quantitative estimate of drug-likeness (QED) is 0.702. The minimum Gasteiger partial charge on any atom is -0.493 e. The second-order valence-corrected chi connectivity index (χ2v) is 7.30. The summed E-state index contributed by atoms with van der Waals surface area (Å²) in [7, 11) is 1.62. The van der Waals surface area contributed by atoms with Crippen LogP contribution in [0.2, 0.25) is 0 Å². The van der Waals surface area contributed by atoms with Gasteiger partial charge in [-0.1, -0.05) is 18.2 Å². The van der Waals surface area contributed by atoms with Crippen molar-refractivity contribution in [3.8, 4) is 11.5 Å². The number of fused-ring (bicyclic) bond motifs is 1. The van der Waals surface area contributed by atoms with E-state index in [0.717, 1.165) is 22.4 Å². The molecule has 7 heteroatoms. The van der Waals surface area contributed by atoms with Gasteiger partial charge in [-0.3, -0.25) is 4.79 Å². The number of amides is 1. The molecule has 3 aromatic rings. The van der Waals surface area contributed by atoms with Crippen molar-refractivity contribution in [3.63, 3.8) is 0 Å². The average Bonchev–Trinajstić information content (AvgIpc) is 3.25. The molecule has 6 nitrogen and oxygen atoms in total. The number of methoxy groups -OCH3 is 1. The number of nitrogens with zero attached hydrogens (tertiary/aromatic N) is 2. The van der Waals surface area contributed by atoms with Gasteiger partial charge in [-0.05, 0) is 36.8 Å². The number of H-pyrrole nitrogens is 1. The molecule has 1 aliphatic rings. The summed E-state index contributed by atoms with van der Waals surface area (Å²) in [5.41, 5.74) is 2.91. The lowest BCUT2D eigenvalue weighted by Crippen LogP contribution is -2.28. The highest BCUT2D eigenvalue weighted by atomic mass is 32.2. The Morgan fingerprint density at radius 1 is 1.26 bits per heavy atom. The van der Waals surface area contributed by atoms with Gasteiger partial charge in [0.05, 0.1) is 37.0 Å². The molecule has 1 aromatic heterocycles. The lowest BCUT2D eigenvalue weighted by molar-refractivity contribution is -0.128. The van der Waals surface area contributed by atoms with Gasteiger partial charge in [0.25, 0.3) is 0 Å². The fraction of sp³-hybridized carbons (Fsp3) is 0.300. The van der Waals surface area contributed by atoms with E-state index in [2.05, 4.69) is 9.97 Å². The number of benzene rings is 2. The Hall–Kier alpha value is -2.67. The number of aromatic nitrogens is 2. The van der Waals surface area contributed by atoms with Gasteiger partial charge in [0.2, 0.25) is 5.91 Å². The Bertz CT molecular complexity index is 939. The van der Waals surface area contributed by atoms with Gasteiger partial charge in [-0.2, -0.15) is 0 Å². The molecular weight excluding hydrogens is 362 g/mol. The fourth-order valence-electron chi connectivity index (χ4n) is 3.26. The first-order valence-electron chi connectivity index (χ1n) is 8.85. The molecular formula is C20H21N3O3S. The number of imidazole rings is 1. The molecule has 1 amide bonds. The molecule has 0 radical (unpaired) electrons. The summed E-state index contributed by atoms with van der Waals surface area (Å²) in [6.45, 7) is 2.94. The van der Waals surface area contributed by atoms with Gasteiger partial charge < -0.3 is 19.4 Å². The van der Waals surface area contributed by atoms with Gasteiger partial charge in [0.15, 0.2) is 11.5 Å². The molecule has 2 aromatic carbocycles. The molecule has 1 unspecified atom stereocenters. The van der Waals surface area contributed by atoms with E-state index >= 15 is 0 Å². The molecule has 1 saturated heterocycles. The van der Waals surface area contributed by atoms with E-state index in [-0.39, 0.29) is 11.3 Å². The lowest BCUT2D eigenvalue weighted by Gasteiger charge is -2.24. The van der Waals surface area contributed by atoms with Crippen molar-refractivity contribution >= 4 is 28.7 Å². The molecule has 1 atom stereocenters. The second kappa shape index (κ2) is 7.52. The molecule has 2 heterocycles. The van der Waals surface area contributed by atoms with Gasteiger partial charge in [0, 0.05) is 0 Å². The molecule has 0 saturated carbocycles. The van der Waals surface area contributed by atoms with Crippen LogP contribution in [-0.2, 0) is 11.3 Å². The fourth-order valence-corrected chi connectivity index (χ4v) is 4.44. The number of ether oxygens (including phenoxy) is 2. The number of carbonyl (C=O) groups is 1. The number of para-hydroxylation sites is 2. The van der Waals surface area contributed by atoms with Crippen LogP contribution in [0.15, 0.2) is 42.5 Å². The molecule has 1 aliphatic heterocycles. The third-order valence-corrected chi connectivity index (χ3v) is 5.76. The van der Waals surface area contributed by atoms with Crippen LogP contribution in [0.25, 0.3) is 11.0 Å². The molecule has 140 valence electrons. The van der Waals surface area contributed by atoms with Crippen LogP contribution in [0, 0.1) is 0 Å². The van der Waals surface area contributed by atoms with Crippen LogP contribution in [0.5, 0.6) is 11.5 Å². The molecule has 0 bridgehead atoms. The monoisotopic (exact) mass is 383 g/mol. The third kappa shape index (κ3) is 3.47. The molecule has 27 heavy (non-hydrogen) atoms. The minimum atomic E-state index is -0.0733. The Kier molecular flexibility index (Phi) is 4.94. The first kappa shape index (κ1) is 17.7. The van der Waals surface area contributed by atoms with E-state index in [1.54, 1.807) is 18.9 Å². The van der Waals surface area contributed by atoms with Crippen molar-refractivity contribution in [1.29, 1.82) is 0 Å². The zero-order chi connectivity index (χ0) is 18.8. The van der Waals surface area contributed by atoms with Crippen LogP contribution >= 0.6 is 11.8 Å². The van der Waals surface area contributed by atoms with Crippen molar-refractivity contribution in [2.75, 3.05) is 19.5 Å². The van der Waals surface area contributed by atoms with Crippen LogP contribution in [0.3, 0.4) is 0 Å². The van der Waals surface area contributed by atoms with Crippen LogP contribution in [0.1, 0.15) is 23.7 Å². The molecule has 1 N–H and O–H groups in total. The second-order valence-electron chi connectivity index (χ2n) is 6.23. The summed E-state index contributed by atoms with van der Waals surface area (Å²) in [6.07, 6.45) is 0.